The fourth-order valence-corrected chi connectivity index (χ4v) is 3.48. The molecule has 6 heteroatoms. The summed E-state index contributed by atoms with van der Waals surface area (Å²) >= 11 is 0. The number of anilines is 1. The Labute approximate surface area is 153 Å². The first kappa shape index (κ1) is 17.0. The van der Waals surface area contributed by atoms with Crippen molar-refractivity contribution in [3.63, 3.8) is 0 Å². The molecular weight excluding hydrogens is 332 g/mol. The predicted molar refractivity (Wildman–Crippen MR) is 98.3 cm³/mol. The van der Waals surface area contributed by atoms with Crippen LogP contribution >= 0.6 is 0 Å². The van der Waals surface area contributed by atoms with E-state index in [4.69, 9.17) is 14.2 Å². The number of aliphatic hydroxyl groups excluding tert-OH is 1. The van der Waals surface area contributed by atoms with Crippen LogP contribution in [0.2, 0.25) is 0 Å². The fourth-order valence-electron chi connectivity index (χ4n) is 3.48. The van der Waals surface area contributed by atoms with Crippen LogP contribution in [0.4, 0.5) is 5.69 Å². The second-order valence-electron chi connectivity index (χ2n) is 6.76. The molecule has 138 valence electrons. The third-order valence-corrected chi connectivity index (χ3v) is 4.90. The highest BCUT2D eigenvalue weighted by Gasteiger charge is 2.23. The summed E-state index contributed by atoms with van der Waals surface area (Å²) in [7, 11) is 0. The van der Waals surface area contributed by atoms with Gasteiger partial charge in [-0.15, -0.1) is 0 Å². The van der Waals surface area contributed by atoms with Gasteiger partial charge < -0.3 is 29.1 Å². The number of rotatable bonds is 6. The minimum atomic E-state index is -0.487. The van der Waals surface area contributed by atoms with Crippen molar-refractivity contribution in [1.29, 1.82) is 0 Å². The molecule has 0 unspecified atom stereocenters. The molecule has 2 N–H and O–H groups in total. The molecule has 0 aromatic heterocycles. The highest BCUT2D eigenvalue weighted by atomic mass is 16.7. The topological polar surface area (TPSA) is 55.6 Å². The predicted octanol–water partition coefficient (Wildman–Crippen LogP) is 0.560. The first-order valence-electron chi connectivity index (χ1n) is 9.12. The van der Waals surface area contributed by atoms with Crippen molar-refractivity contribution >= 4 is 5.69 Å². The van der Waals surface area contributed by atoms with E-state index in [1.165, 1.54) is 10.6 Å². The third kappa shape index (κ3) is 4.03. The number of aliphatic hydroxyl groups is 1. The Morgan fingerprint density at radius 1 is 1.04 bits per heavy atom. The van der Waals surface area contributed by atoms with Crippen molar-refractivity contribution in [2.45, 2.75) is 6.10 Å². The molecule has 1 fully saturated rings. The van der Waals surface area contributed by atoms with Gasteiger partial charge in [-0.05, 0) is 24.3 Å². The zero-order valence-electron chi connectivity index (χ0n) is 14.8. The van der Waals surface area contributed by atoms with Gasteiger partial charge in [-0.1, -0.05) is 18.2 Å². The molecule has 2 heterocycles. The molecule has 0 radical (unpaired) electrons. The molecule has 1 saturated heterocycles. The van der Waals surface area contributed by atoms with E-state index >= 15 is 0 Å². The van der Waals surface area contributed by atoms with E-state index in [9.17, 15) is 5.11 Å². The molecule has 2 aromatic rings. The number of hydrogen-bond acceptors (Lipinski definition) is 5. The van der Waals surface area contributed by atoms with Crippen LogP contribution in [0.1, 0.15) is 0 Å². The minimum absolute atomic E-state index is 0.250. The lowest BCUT2D eigenvalue weighted by Gasteiger charge is -2.34. The first-order chi connectivity index (χ1) is 12.8. The van der Waals surface area contributed by atoms with Crippen LogP contribution in [-0.2, 0) is 0 Å². The number of quaternary nitrogens is 1. The molecule has 1 atom stereocenters. The van der Waals surface area contributed by atoms with Crippen LogP contribution in [0.3, 0.4) is 0 Å². The molecule has 0 spiro atoms. The van der Waals surface area contributed by atoms with E-state index in [1.54, 1.807) is 6.07 Å². The number of nitrogens with one attached hydrogen (secondary N) is 1. The van der Waals surface area contributed by atoms with Gasteiger partial charge in [-0.3, -0.25) is 0 Å². The Bertz CT molecular complexity index is 717. The summed E-state index contributed by atoms with van der Waals surface area (Å²) in [6.45, 7) is 5.30. The van der Waals surface area contributed by atoms with Gasteiger partial charge in [0.1, 0.15) is 25.0 Å². The average Bonchev–Trinajstić information content (AvgIpc) is 3.15. The lowest BCUT2D eigenvalue weighted by Crippen LogP contribution is -3.16. The summed E-state index contributed by atoms with van der Waals surface area (Å²) in [6.07, 6.45) is -0.487. The molecule has 2 aliphatic rings. The Morgan fingerprint density at radius 2 is 1.81 bits per heavy atom. The number of benzene rings is 2. The third-order valence-electron chi connectivity index (χ3n) is 4.90. The van der Waals surface area contributed by atoms with Crippen molar-refractivity contribution in [3.8, 4) is 17.2 Å². The van der Waals surface area contributed by atoms with E-state index in [-0.39, 0.29) is 13.4 Å². The van der Waals surface area contributed by atoms with Gasteiger partial charge in [0.25, 0.3) is 0 Å². The van der Waals surface area contributed by atoms with E-state index < -0.39 is 6.10 Å². The van der Waals surface area contributed by atoms with Gasteiger partial charge >= 0.3 is 0 Å². The zero-order valence-corrected chi connectivity index (χ0v) is 14.8. The summed E-state index contributed by atoms with van der Waals surface area (Å²) in [4.78, 5) is 3.82. The standard InChI is InChI=1S/C20H24N2O4/c23-17(14-24-18-6-7-19-20(12-18)26-15-25-19)13-21-8-10-22(11-9-21)16-4-2-1-3-5-16/h1-7,12,17,23H,8-11,13-15H2/p+1/t17-/m1/s1. The number of para-hydroxylation sites is 1. The molecule has 0 saturated carbocycles. The summed E-state index contributed by atoms with van der Waals surface area (Å²) in [6, 6.07) is 16.0. The van der Waals surface area contributed by atoms with Crippen LogP contribution in [0.5, 0.6) is 17.2 Å². The Kier molecular flexibility index (Phi) is 5.13. The SMILES string of the molecule is O[C@@H](COc1ccc2c(c1)OCO2)C[NH+]1CCN(c2ccccc2)CC1. The first-order valence-corrected chi connectivity index (χ1v) is 9.12. The van der Waals surface area contributed by atoms with Crippen LogP contribution < -0.4 is 24.0 Å². The molecule has 0 amide bonds. The molecule has 26 heavy (non-hydrogen) atoms. The van der Waals surface area contributed by atoms with Gasteiger partial charge in [0.05, 0.1) is 26.2 Å². The Hall–Kier alpha value is -2.44. The van der Waals surface area contributed by atoms with Crippen LogP contribution in [0, 0.1) is 0 Å². The van der Waals surface area contributed by atoms with E-state index in [1.807, 2.05) is 18.2 Å². The number of piperazine rings is 1. The number of ether oxygens (including phenoxy) is 3. The minimum Gasteiger partial charge on any atom is -0.491 e. The molecule has 2 aromatic carbocycles. The highest BCUT2D eigenvalue weighted by molar-refractivity contribution is 5.47. The van der Waals surface area contributed by atoms with Crippen molar-refractivity contribution < 1.29 is 24.2 Å². The maximum Gasteiger partial charge on any atom is 0.231 e. The largest absolute Gasteiger partial charge is 0.491 e. The number of nitrogens with zero attached hydrogens (tertiary/aromatic N) is 1. The Balaban J connectivity index is 1.21. The van der Waals surface area contributed by atoms with E-state index in [2.05, 4.69) is 29.2 Å². The van der Waals surface area contributed by atoms with Gasteiger partial charge in [-0.2, -0.15) is 0 Å². The second kappa shape index (κ2) is 7.85. The summed E-state index contributed by atoms with van der Waals surface area (Å²) in [5.41, 5.74) is 1.28. The quantitative estimate of drug-likeness (QED) is 0.791. The highest BCUT2D eigenvalue weighted by Crippen LogP contribution is 2.35. The summed E-state index contributed by atoms with van der Waals surface area (Å²) in [5, 5.41) is 10.3. The van der Waals surface area contributed by atoms with Crippen molar-refractivity contribution in [1.82, 2.24) is 0 Å². The maximum absolute atomic E-state index is 10.3. The fraction of sp³-hybridized carbons (Fsp3) is 0.400. The van der Waals surface area contributed by atoms with E-state index in [0.717, 1.165) is 31.9 Å². The van der Waals surface area contributed by atoms with Crippen LogP contribution in [0.25, 0.3) is 0 Å². The maximum atomic E-state index is 10.3. The van der Waals surface area contributed by atoms with E-state index in [0.29, 0.717) is 18.0 Å². The van der Waals surface area contributed by atoms with Gasteiger partial charge in [0.2, 0.25) is 6.79 Å². The van der Waals surface area contributed by atoms with Crippen molar-refractivity contribution in [2.24, 2.45) is 0 Å². The van der Waals surface area contributed by atoms with Gasteiger partial charge in [-0.25, -0.2) is 0 Å². The van der Waals surface area contributed by atoms with Gasteiger partial charge in [0.15, 0.2) is 11.5 Å². The van der Waals surface area contributed by atoms with Crippen LogP contribution in [-0.4, -0.2) is 57.3 Å². The number of hydrogen-bond donors (Lipinski definition) is 2. The average molecular weight is 357 g/mol. The lowest BCUT2D eigenvalue weighted by atomic mass is 10.2. The number of fused-ring (bicyclic) bond motifs is 1. The zero-order chi connectivity index (χ0) is 17.8. The van der Waals surface area contributed by atoms with Crippen molar-refractivity contribution in [3.05, 3.63) is 48.5 Å². The monoisotopic (exact) mass is 357 g/mol. The van der Waals surface area contributed by atoms with Crippen molar-refractivity contribution in [2.75, 3.05) is 51.0 Å². The normalized spacial score (nSPS) is 18.0. The second-order valence-corrected chi connectivity index (χ2v) is 6.76. The van der Waals surface area contributed by atoms with Gasteiger partial charge in [0, 0.05) is 11.8 Å². The molecule has 0 aliphatic carbocycles. The summed E-state index contributed by atoms with van der Waals surface area (Å²) in [5.74, 6) is 2.12. The summed E-state index contributed by atoms with van der Waals surface area (Å²) < 4.78 is 16.3. The lowest BCUT2D eigenvalue weighted by molar-refractivity contribution is -0.903. The molecular formula is C20H25N2O4+. The molecule has 2 aliphatic heterocycles. The molecule has 4 rings (SSSR count). The smallest absolute Gasteiger partial charge is 0.231 e. The molecule has 0 bridgehead atoms. The van der Waals surface area contributed by atoms with Crippen LogP contribution in [0.15, 0.2) is 48.5 Å². The molecule has 6 nitrogen and oxygen atoms in total. The Morgan fingerprint density at radius 3 is 2.62 bits per heavy atom.